The summed E-state index contributed by atoms with van der Waals surface area (Å²) in [6.45, 7) is 1.44. The van der Waals surface area contributed by atoms with Gasteiger partial charge in [0.25, 0.3) is 5.91 Å². The highest BCUT2D eigenvalue weighted by atomic mass is 19.4. The SMILES string of the molecule is NC(=O)c1cc2ccc(C(F)(F)F)cc2nc1N1CCCC1. The number of benzene rings is 1. The molecule has 7 heteroatoms. The number of primary amides is 1. The van der Waals surface area contributed by atoms with Crippen LogP contribution in [0.25, 0.3) is 10.9 Å². The third-order valence-corrected chi connectivity index (χ3v) is 3.80. The van der Waals surface area contributed by atoms with Gasteiger partial charge in [-0.3, -0.25) is 4.79 Å². The molecule has 0 atom stereocenters. The predicted octanol–water partition coefficient (Wildman–Crippen LogP) is 2.95. The average molecular weight is 309 g/mol. The number of hydrogen-bond acceptors (Lipinski definition) is 3. The zero-order valence-electron chi connectivity index (χ0n) is 11.7. The molecule has 1 aliphatic rings. The van der Waals surface area contributed by atoms with Gasteiger partial charge in [-0.2, -0.15) is 13.2 Å². The molecule has 2 aromatic rings. The minimum absolute atomic E-state index is 0.210. The minimum atomic E-state index is -4.42. The summed E-state index contributed by atoms with van der Waals surface area (Å²) >= 11 is 0. The fourth-order valence-corrected chi connectivity index (χ4v) is 2.68. The maximum atomic E-state index is 12.8. The van der Waals surface area contributed by atoms with Crippen molar-refractivity contribution >= 4 is 22.6 Å². The number of nitrogens with two attached hydrogens (primary N) is 1. The lowest BCUT2D eigenvalue weighted by Crippen LogP contribution is -2.24. The highest BCUT2D eigenvalue weighted by Gasteiger charge is 2.31. The molecule has 2 N–H and O–H groups in total. The number of nitrogens with zero attached hydrogens (tertiary/aromatic N) is 2. The Hall–Kier alpha value is -2.31. The van der Waals surface area contributed by atoms with Crippen molar-refractivity contribution in [2.45, 2.75) is 19.0 Å². The van der Waals surface area contributed by atoms with Crippen LogP contribution in [0.15, 0.2) is 24.3 Å². The number of amides is 1. The molecule has 116 valence electrons. The van der Waals surface area contributed by atoms with Crippen LogP contribution < -0.4 is 10.6 Å². The normalized spacial score (nSPS) is 15.5. The van der Waals surface area contributed by atoms with Gasteiger partial charge in [0.2, 0.25) is 0 Å². The first kappa shape index (κ1) is 14.6. The number of carbonyl (C=O) groups is 1. The van der Waals surface area contributed by atoms with Crippen LogP contribution in [0.5, 0.6) is 0 Å². The molecule has 1 saturated heterocycles. The lowest BCUT2D eigenvalue weighted by molar-refractivity contribution is -0.137. The van der Waals surface area contributed by atoms with Crippen LogP contribution in [0.2, 0.25) is 0 Å². The van der Waals surface area contributed by atoms with Crippen molar-refractivity contribution in [2.24, 2.45) is 5.73 Å². The first-order valence-corrected chi connectivity index (χ1v) is 6.93. The predicted molar refractivity (Wildman–Crippen MR) is 76.7 cm³/mol. The quantitative estimate of drug-likeness (QED) is 0.928. The van der Waals surface area contributed by atoms with Crippen LogP contribution in [0.4, 0.5) is 19.0 Å². The summed E-state index contributed by atoms with van der Waals surface area (Å²) in [5.41, 5.74) is 5.08. The number of halogens is 3. The van der Waals surface area contributed by atoms with Crippen LogP contribution in [0.3, 0.4) is 0 Å². The van der Waals surface area contributed by atoms with E-state index in [1.165, 1.54) is 12.1 Å². The van der Waals surface area contributed by atoms with Crippen molar-refractivity contribution in [3.05, 3.63) is 35.4 Å². The number of carbonyl (C=O) groups excluding carboxylic acids is 1. The summed E-state index contributed by atoms with van der Waals surface area (Å²) in [4.78, 5) is 17.8. The van der Waals surface area contributed by atoms with Gasteiger partial charge in [0.15, 0.2) is 0 Å². The van der Waals surface area contributed by atoms with E-state index >= 15 is 0 Å². The van der Waals surface area contributed by atoms with Crippen LogP contribution in [-0.2, 0) is 6.18 Å². The largest absolute Gasteiger partial charge is 0.416 e. The third-order valence-electron chi connectivity index (χ3n) is 3.80. The van der Waals surface area contributed by atoms with Crippen molar-refractivity contribution in [1.29, 1.82) is 0 Å². The molecule has 22 heavy (non-hydrogen) atoms. The number of hydrogen-bond donors (Lipinski definition) is 1. The van der Waals surface area contributed by atoms with Gasteiger partial charge in [-0.05, 0) is 31.0 Å². The smallest absolute Gasteiger partial charge is 0.365 e. The molecule has 0 radical (unpaired) electrons. The lowest BCUT2D eigenvalue weighted by atomic mass is 10.1. The second-order valence-corrected chi connectivity index (χ2v) is 5.32. The standard InChI is InChI=1S/C15H14F3N3O/c16-15(17,18)10-4-3-9-7-11(13(19)22)14(20-12(9)8-10)21-5-1-2-6-21/h3-4,7-8H,1-2,5-6H2,(H2,19,22). The molecule has 1 aromatic carbocycles. The monoisotopic (exact) mass is 309 g/mol. The van der Waals surface area contributed by atoms with E-state index in [1.54, 1.807) is 0 Å². The average Bonchev–Trinajstić information content (AvgIpc) is 2.98. The molecule has 0 saturated carbocycles. The summed E-state index contributed by atoms with van der Waals surface area (Å²) in [6, 6.07) is 4.80. The van der Waals surface area contributed by atoms with Gasteiger partial charge in [-0.25, -0.2) is 4.98 Å². The van der Waals surface area contributed by atoms with E-state index in [0.717, 1.165) is 38.1 Å². The highest BCUT2D eigenvalue weighted by Crippen LogP contribution is 2.33. The van der Waals surface area contributed by atoms with Crippen molar-refractivity contribution in [2.75, 3.05) is 18.0 Å². The Kier molecular flexibility index (Phi) is 3.42. The summed E-state index contributed by atoms with van der Waals surface area (Å²) in [5.74, 6) is -0.256. The Bertz CT molecular complexity index is 737. The van der Waals surface area contributed by atoms with Gasteiger partial charge in [0.1, 0.15) is 5.82 Å². The van der Waals surface area contributed by atoms with Gasteiger partial charge in [0, 0.05) is 18.5 Å². The van der Waals surface area contributed by atoms with Crippen molar-refractivity contribution in [3.63, 3.8) is 0 Å². The number of pyridine rings is 1. The molecule has 1 aromatic heterocycles. The Morgan fingerprint density at radius 1 is 1.18 bits per heavy atom. The summed E-state index contributed by atoms with van der Waals surface area (Å²) < 4.78 is 38.4. The molecule has 4 nitrogen and oxygen atoms in total. The summed E-state index contributed by atoms with van der Waals surface area (Å²) in [6.07, 6.45) is -2.51. The molecule has 0 bridgehead atoms. The third kappa shape index (κ3) is 2.58. The van der Waals surface area contributed by atoms with Gasteiger partial charge in [0.05, 0.1) is 16.6 Å². The number of aromatic nitrogens is 1. The number of rotatable bonds is 2. The van der Waals surface area contributed by atoms with E-state index in [9.17, 15) is 18.0 Å². The van der Waals surface area contributed by atoms with E-state index < -0.39 is 17.6 Å². The Labute approximate surface area is 124 Å². The number of anilines is 1. The van der Waals surface area contributed by atoms with Crippen LogP contribution >= 0.6 is 0 Å². The first-order chi connectivity index (χ1) is 10.4. The lowest BCUT2D eigenvalue weighted by Gasteiger charge is -2.20. The molecule has 1 amide bonds. The topological polar surface area (TPSA) is 59.2 Å². The fourth-order valence-electron chi connectivity index (χ4n) is 2.68. The molecule has 0 aliphatic carbocycles. The molecule has 2 heterocycles. The second-order valence-electron chi connectivity index (χ2n) is 5.32. The van der Waals surface area contributed by atoms with Gasteiger partial charge >= 0.3 is 6.18 Å². The maximum Gasteiger partial charge on any atom is 0.416 e. The van der Waals surface area contributed by atoms with Gasteiger partial charge in [-0.15, -0.1) is 0 Å². The van der Waals surface area contributed by atoms with E-state index in [1.807, 2.05) is 4.90 Å². The zero-order chi connectivity index (χ0) is 15.9. The number of fused-ring (bicyclic) bond motifs is 1. The van der Waals surface area contributed by atoms with Crippen molar-refractivity contribution < 1.29 is 18.0 Å². The molecule has 1 fully saturated rings. The summed E-state index contributed by atoms with van der Waals surface area (Å²) in [7, 11) is 0. The maximum absolute atomic E-state index is 12.8. The van der Waals surface area contributed by atoms with Gasteiger partial charge < -0.3 is 10.6 Å². The van der Waals surface area contributed by atoms with Crippen LogP contribution in [-0.4, -0.2) is 24.0 Å². The molecule has 0 unspecified atom stereocenters. The highest BCUT2D eigenvalue weighted by molar-refractivity contribution is 6.01. The molecule has 0 spiro atoms. The second kappa shape index (κ2) is 5.15. The zero-order valence-corrected chi connectivity index (χ0v) is 11.7. The fraction of sp³-hybridized carbons (Fsp3) is 0.333. The minimum Gasteiger partial charge on any atom is -0.365 e. The van der Waals surface area contributed by atoms with E-state index in [2.05, 4.69) is 4.98 Å². The van der Waals surface area contributed by atoms with Crippen LogP contribution in [0.1, 0.15) is 28.8 Å². The molecular weight excluding hydrogens is 295 g/mol. The van der Waals surface area contributed by atoms with Crippen molar-refractivity contribution in [3.8, 4) is 0 Å². The molecule has 3 rings (SSSR count). The molecule has 1 aliphatic heterocycles. The number of alkyl halides is 3. The van der Waals surface area contributed by atoms with Gasteiger partial charge in [-0.1, -0.05) is 6.07 Å². The first-order valence-electron chi connectivity index (χ1n) is 6.93. The van der Waals surface area contributed by atoms with E-state index in [-0.39, 0.29) is 11.1 Å². The Balaban J connectivity index is 2.18. The van der Waals surface area contributed by atoms with E-state index in [0.29, 0.717) is 11.2 Å². The molecular formula is C15H14F3N3O. The summed E-state index contributed by atoms with van der Waals surface area (Å²) in [5, 5.41) is 0.463. The van der Waals surface area contributed by atoms with Crippen molar-refractivity contribution in [1.82, 2.24) is 4.98 Å². The van der Waals surface area contributed by atoms with E-state index in [4.69, 9.17) is 5.73 Å². The Morgan fingerprint density at radius 3 is 2.45 bits per heavy atom. The van der Waals surface area contributed by atoms with Crippen LogP contribution in [0, 0.1) is 0 Å². The Morgan fingerprint density at radius 2 is 1.86 bits per heavy atom.